The molecule has 0 spiro atoms. The zero-order chi connectivity index (χ0) is 19.9. The van der Waals surface area contributed by atoms with Crippen molar-refractivity contribution >= 4 is 38.3 Å². The van der Waals surface area contributed by atoms with Crippen LogP contribution in [0.1, 0.15) is 39.7 Å². The highest BCUT2D eigenvalue weighted by molar-refractivity contribution is 6.25. The lowest BCUT2D eigenvalue weighted by atomic mass is 9.90. The van der Waals surface area contributed by atoms with Gasteiger partial charge in [0.15, 0.2) is 0 Å². The number of carbonyl (C=O) groups excluding carboxylic acids is 1. The Morgan fingerprint density at radius 1 is 0.821 bits per heavy atom. The molecule has 4 aromatic carbocycles. The fourth-order valence-corrected chi connectivity index (χ4v) is 3.86. The highest BCUT2D eigenvalue weighted by Crippen LogP contribution is 2.37. The summed E-state index contributed by atoms with van der Waals surface area (Å²) in [4.78, 5) is 12.4. The first kappa shape index (κ1) is 18.5. The quantitative estimate of drug-likeness (QED) is 0.286. The number of rotatable bonds is 4. The molecule has 1 atom stereocenters. The van der Waals surface area contributed by atoms with Crippen LogP contribution < -0.4 is 0 Å². The van der Waals surface area contributed by atoms with Gasteiger partial charge in [-0.2, -0.15) is 0 Å². The molecule has 0 saturated heterocycles. The van der Waals surface area contributed by atoms with Gasteiger partial charge in [0.2, 0.25) is 0 Å². The van der Waals surface area contributed by atoms with Crippen LogP contribution in [0.15, 0.2) is 66.7 Å². The second-order valence-electron chi connectivity index (χ2n) is 8.09. The van der Waals surface area contributed by atoms with Crippen molar-refractivity contribution in [1.29, 1.82) is 0 Å². The number of fused-ring (bicyclic) bond motifs is 6. The van der Waals surface area contributed by atoms with Crippen LogP contribution in [0.25, 0.3) is 32.3 Å². The van der Waals surface area contributed by atoms with E-state index in [1.807, 2.05) is 27.7 Å². The molecule has 4 aromatic rings. The van der Waals surface area contributed by atoms with E-state index in [9.17, 15) is 4.79 Å². The standard InChI is InChI=1S/C26H26O2/c1-5-17(2)25(27)28-26(3,4)18-14-15-23-21-12-7-6-10-19(21)20-11-8-9-13-22(20)24(23)16-18/h6-17H,5H2,1-4H3. The molecule has 0 fully saturated rings. The van der Waals surface area contributed by atoms with Gasteiger partial charge in [-0.05, 0) is 64.2 Å². The molecule has 0 radical (unpaired) electrons. The van der Waals surface area contributed by atoms with Gasteiger partial charge in [0, 0.05) is 0 Å². The first-order valence-corrected chi connectivity index (χ1v) is 9.99. The minimum atomic E-state index is -0.679. The van der Waals surface area contributed by atoms with Crippen LogP contribution >= 0.6 is 0 Å². The number of hydrogen-bond donors (Lipinski definition) is 0. The van der Waals surface area contributed by atoms with E-state index in [2.05, 4.69) is 66.7 Å². The number of hydrogen-bond acceptors (Lipinski definition) is 2. The molecule has 0 aromatic heterocycles. The van der Waals surface area contributed by atoms with Crippen LogP contribution in [0.5, 0.6) is 0 Å². The third-order valence-electron chi connectivity index (χ3n) is 5.81. The smallest absolute Gasteiger partial charge is 0.309 e. The van der Waals surface area contributed by atoms with E-state index in [0.717, 1.165) is 12.0 Å². The van der Waals surface area contributed by atoms with E-state index in [-0.39, 0.29) is 11.9 Å². The molecule has 2 heteroatoms. The van der Waals surface area contributed by atoms with E-state index >= 15 is 0 Å². The highest BCUT2D eigenvalue weighted by atomic mass is 16.6. The fraction of sp³-hybridized carbons (Fsp3) is 0.269. The molecular weight excluding hydrogens is 344 g/mol. The Balaban J connectivity index is 1.93. The Kier molecular flexibility index (Phi) is 4.58. The molecule has 2 nitrogen and oxygen atoms in total. The van der Waals surface area contributed by atoms with E-state index in [1.165, 1.54) is 32.3 Å². The van der Waals surface area contributed by atoms with Gasteiger partial charge in [-0.1, -0.05) is 74.5 Å². The van der Waals surface area contributed by atoms with E-state index in [0.29, 0.717) is 0 Å². The molecule has 142 valence electrons. The third kappa shape index (κ3) is 3.03. The van der Waals surface area contributed by atoms with Gasteiger partial charge in [-0.3, -0.25) is 4.79 Å². The van der Waals surface area contributed by atoms with Crippen LogP contribution in [0, 0.1) is 5.92 Å². The Labute approximate surface area is 166 Å². The summed E-state index contributed by atoms with van der Waals surface area (Å²) >= 11 is 0. The van der Waals surface area contributed by atoms with Gasteiger partial charge >= 0.3 is 5.97 Å². The summed E-state index contributed by atoms with van der Waals surface area (Å²) in [5.41, 5.74) is 0.332. The van der Waals surface area contributed by atoms with Crippen molar-refractivity contribution in [2.45, 2.75) is 39.7 Å². The van der Waals surface area contributed by atoms with Crippen LogP contribution in [-0.4, -0.2) is 5.97 Å². The molecular formula is C26H26O2. The predicted octanol–water partition coefficient (Wildman–Crippen LogP) is 6.97. The minimum absolute atomic E-state index is 0.0931. The Hall–Kier alpha value is -2.87. The van der Waals surface area contributed by atoms with Gasteiger partial charge in [-0.15, -0.1) is 0 Å². The Morgan fingerprint density at radius 3 is 1.79 bits per heavy atom. The topological polar surface area (TPSA) is 26.3 Å². The highest BCUT2D eigenvalue weighted by Gasteiger charge is 2.28. The van der Waals surface area contributed by atoms with E-state index in [1.54, 1.807) is 0 Å². The monoisotopic (exact) mass is 370 g/mol. The maximum absolute atomic E-state index is 12.4. The SMILES string of the molecule is CCC(C)C(=O)OC(C)(C)c1ccc2c3ccccc3c3ccccc3c2c1. The van der Waals surface area contributed by atoms with Crippen molar-refractivity contribution in [1.82, 2.24) is 0 Å². The predicted molar refractivity (Wildman–Crippen MR) is 118 cm³/mol. The molecule has 0 saturated carbocycles. The van der Waals surface area contributed by atoms with Crippen molar-refractivity contribution in [2.75, 3.05) is 0 Å². The zero-order valence-corrected chi connectivity index (χ0v) is 17.0. The maximum Gasteiger partial charge on any atom is 0.309 e. The van der Waals surface area contributed by atoms with Crippen molar-refractivity contribution in [2.24, 2.45) is 5.92 Å². The average molecular weight is 370 g/mol. The summed E-state index contributed by atoms with van der Waals surface area (Å²) < 4.78 is 5.89. The average Bonchev–Trinajstić information content (AvgIpc) is 2.72. The van der Waals surface area contributed by atoms with Crippen molar-refractivity contribution < 1.29 is 9.53 Å². The van der Waals surface area contributed by atoms with E-state index in [4.69, 9.17) is 4.74 Å². The first-order chi connectivity index (χ1) is 13.4. The summed E-state index contributed by atoms with van der Waals surface area (Å²) in [6, 6.07) is 23.5. The second-order valence-corrected chi connectivity index (χ2v) is 8.09. The third-order valence-corrected chi connectivity index (χ3v) is 5.81. The molecule has 0 aliphatic heterocycles. The molecule has 0 amide bonds. The largest absolute Gasteiger partial charge is 0.455 e. The van der Waals surface area contributed by atoms with Crippen molar-refractivity contribution in [3.05, 3.63) is 72.3 Å². The number of benzene rings is 4. The van der Waals surface area contributed by atoms with Gasteiger partial charge in [-0.25, -0.2) is 0 Å². The summed E-state index contributed by atoms with van der Waals surface area (Å²) in [7, 11) is 0. The minimum Gasteiger partial charge on any atom is -0.455 e. The fourth-order valence-electron chi connectivity index (χ4n) is 3.86. The van der Waals surface area contributed by atoms with Crippen LogP contribution in [0.2, 0.25) is 0 Å². The zero-order valence-electron chi connectivity index (χ0n) is 17.0. The summed E-state index contributed by atoms with van der Waals surface area (Å²) in [5, 5.41) is 7.40. The summed E-state index contributed by atoms with van der Waals surface area (Å²) in [6.07, 6.45) is 0.781. The molecule has 0 heterocycles. The Morgan fingerprint density at radius 2 is 1.29 bits per heavy atom. The van der Waals surface area contributed by atoms with Crippen molar-refractivity contribution in [3.63, 3.8) is 0 Å². The molecule has 1 unspecified atom stereocenters. The normalized spacial score (nSPS) is 13.1. The summed E-state index contributed by atoms with van der Waals surface area (Å²) in [5.74, 6) is -0.236. The lowest BCUT2D eigenvalue weighted by molar-refractivity contribution is -0.162. The van der Waals surface area contributed by atoms with Crippen LogP contribution in [0.3, 0.4) is 0 Å². The maximum atomic E-state index is 12.4. The van der Waals surface area contributed by atoms with Crippen LogP contribution in [-0.2, 0) is 15.1 Å². The molecule has 4 rings (SSSR count). The van der Waals surface area contributed by atoms with Gasteiger partial charge < -0.3 is 4.74 Å². The summed E-state index contributed by atoms with van der Waals surface area (Å²) in [6.45, 7) is 7.86. The van der Waals surface area contributed by atoms with Gasteiger partial charge in [0.25, 0.3) is 0 Å². The number of ether oxygens (including phenoxy) is 1. The van der Waals surface area contributed by atoms with Crippen LogP contribution in [0.4, 0.5) is 0 Å². The lowest BCUT2D eigenvalue weighted by Gasteiger charge is -2.27. The molecule has 28 heavy (non-hydrogen) atoms. The molecule has 0 N–H and O–H groups in total. The first-order valence-electron chi connectivity index (χ1n) is 9.99. The second kappa shape index (κ2) is 6.94. The Bertz CT molecular complexity index is 1150. The lowest BCUT2D eigenvalue weighted by Crippen LogP contribution is -2.28. The number of esters is 1. The molecule has 0 aliphatic carbocycles. The molecule has 0 bridgehead atoms. The van der Waals surface area contributed by atoms with Crippen molar-refractivity contribution in [3.8, 4) is 0 Å². The van der Waals surface area contributed by atoms with Gasteiger partial charge in [0.05, 0.1) is 5.92 Å². The van der Waals surface area contributed by atoms with E-state index < -0.39 is 5.60 Å². The number of carbonyl (C=O) groups is 1. The van der Waals surface area contributed by atoms with Gasteiger partial charge in [0.1, 0.15) is 5.60 Å². The molecule has 0 aliphatic rings.